The Labute approximate surface area is 240 Å². The summed E-state index contributed by atoms with van der Waals surface area (Å²) in [6, 6.07) is 20.8. The zero-order chi connectivity index (χ0) is 29.4. The van der Waals surface area contributed by atoms with Crippen LogP contribution in [0.25, 0.3) is 0 Å². The maximum Gasteiger partial charge on any atom is 0.328 e. The lowest BCUT2D eigenvalue weighted by Gasteiger charge is -2.25. The van der Waals surface area contributed by atoms with Crippen molar-refractivity contribution in [2.45, 2.75) is 49.6 Å². The Hall–Kier alpha value is -4.02. The molecule has 4 rings (SSSR count). The molecule has 3 aromatic rings. The molecular formula is C31H34N2O7S. The van der Waals surface area contributed by atoms with Crippen molar-refractivity contribution in [3.05, 3.63) is 95.6 Å². The van der Waals surface area contributed by atoms with E-state index in [4.69, 9.17) is 9.47 Å². The van der Waals surface area contributed by atoms with E-state index in [0.29, 0.717) is 18.6 Å². The van der Waals surface area contributed by atoms with Gasteiger partial charge in [-0.2, -0.15) is 4.31 Å². The number of ether oxygens (including phenoxy) is 2. The van der Waals surface area contributed by atoms with Crippen molar-refractivity contribution < 1.29 is 32.3 Å². The summed E-state index contributed by atoms with van der Waals surface area (Å²) in [5.74, 6) is -0.752. The zero-order valence-electron chi connectivity index (χ0n) is 23.1. The molecule has 10 heteroatoms. The predicted molar refractivity (Wildman–Crippen MR) is 153 cm³/mol. The van der Waals surface area contributed by atoms with Crippen LogP contribution in [0.3, 0.4) is 0 Å². The van der Waals surface area contributed by atoms with Crippen molar-refractivity contribution in [3.8, 4) is 5.75 Å². The van der Waals surface area contributed by atoms with E-state index in [2.05, 4.69) is 5.32 Å². The molecule has 1 aliphatic heterocycles. The molecule has 1 saturated heterocycles. The first-order valence-corrected chi connectivity index (χ1v) is 14.9. The van der Waals surface area contributed by atoms with Gasteiger partial charge in [-0.1, -0.05) is 60.2 Å². The number of carbonyl (C=O) groups excluding carboxylic acids is 3. The number of Topliss-reactive ketones (excluding diaryl/α,β-unsaturated/α-hetero) is 1. The summed E-state index contributed by atoms with van der Waals surface area (Å²) in [6.07, 6.45) is 1.29. The highest BCUT2D eigenvalue weighted by Crippen LogP contribution is 2.27. The van der Waals surface area contributed by atoms with Gasteiger partial charge >= 0.3 is 5.97 Å². The van der Waals surface area contributed by atoms with Gasteiger partial charge in [0, 0.05) is 19.4 Å². The smallest absolute Gasteiger partial charge is 0.328 e. The molecule has 1 N–H and O–H groups in total. The average Bonchev–Trinajstić information content (AvgIpc) is 3.48. The Morgan fingerprint density at radius 2 is 1.63 bits per heavy atom. The minimum Gasteiger partial charge on any atom is -0.486 e. The Morgan fingerprint density at radius 1 is 0.951 bits per heavy atom. The summed E-state index contributed by atoms with van der Waals surface area (Å²) in [5, 5.41) is 2.70. The highest BCUT2D eigenvalue weighted by molar-refractivity contribution is 7.89. The fraction of sp³-hybridized carbons (Fsp3) is 0.323. The molecule has 1 amide bonds. The van der Waals surface area contributed by atoms with E-state index in [1.807, 2.05) is 37.3 Å². The maximum absolute atomic E-state index is 13.3. The average molecular weight is 579 g/mol. The van der Waals surface area contributed by atoms with Crippen LogP contribution in [0.15, 0.2) is 83.8 Å². The number of nitrogens with one attached hydrogen (secondary N) is 1. The Bertz CT molecular complexity index is 1460. The van der Waals surface area contributed by atoms with E-state index in [0.717, 1.165) is 16.7 Å². The normalized spacial score (nSPS) is 16.1. The molecular weight excluding hydrogens is 544 g/mol. The number of amides is 1. The third-order valence-electron chi connectivity index (χ3n) is 6.94. The van der Waals surface area contributed by atoms with Crippen LogP contribution in [-0.4, -0.2) is 62.7 Å². The van der Waals surface area contributed by atoms with E-state index in [9.17, 15) is 22.8 Å². The Balaban J connectivity index is 1.37. The number of nitrogens with zero attached hydrogens (tertiary/aromatic N) is 1. The molecule has 0 radical (unpaired) electrons. The number of aryl methyl sites for hydroxylation is 1. The number of carbonyl (C=O) groups is 3. The van der Waals surface area contributed by atoms with E-state index in [-0.39, 0.29) is 36.7 Å². The lowest BCUT2D eigenvalue weighted by molar-refractivity contribution is -0.145. The van der Waals surface area contributed by atoms with Crippen LogP contribution < -0.4 is 10.1 Å². The highest BCUT2D eigenvalue weighted by atomic mass is 32.2. The summed E-state index contributed by atoms with van der Waals surface area (Å²) in [6.45, 7) is 2.01. The molecule has 0 bridgehead atoms. The fourth-order valence-corrected chi connectivity index (χ4v) is 6.39. The quantitative estimate of drug-likeness (QED) is 0.328. The van der Waals surface area contributed by atoms with Crippen molar-refractivity contribution in [3.63, 3.8) is 0 Å². The molecule has 9 nitrogen and oxygen atoms in total. The first-order chi connectivity index (χ1) is 19.7. The van der Waals surface area contributed by atoms with Crippen LogP contribution in [-0.2, 0) is 42.0 Å². The number of hydrogen-bond donors (Lipinski definition) is 1. The molecule has 0 saturated carbocycles. The van der Waals surface area contributed by atoms with Gasteiger partial charge < -0.3 is 14.8 Å². The molecule has 1 heterocycles. The van der Waals surface area contributed by atoms with Gasteiger partial charge in [0.1, 0.15) is 24.4 Å². The number of rotatable bonds is 12. The van der Waals surface area contributed by atoms with Gasteiger partial charge in [0.2, 0.25) is 15.9 Å². The van der Waals surface area contributed by atoms with Crippen molar-refractivity contribution >= 4 is 27.7 Å². The summed E-state index contributed by atoms with van der Waals surface area (Å²) < 4.78 is 38.3. The second kappa shape index (κ2) is 13.6. The van der Waals surface area contributed by atoms with E-state index in [1.54, 1.807) is 36.4 Å². The molecule has 41 heavy (non-hydrogen) atoms. The molecule has 1 fully saturated rings. The van der Waals surface area contributed by atoms with Crippen molar-refractivity contribution in [2.75, 3.05) is 20.3 Å². The van der Waals surface area contributed by atoms with Crippen LogP contribution in [0.4, 0.5) is 0 Å². The summed E-state index contributed by atoms with van der Waals surface area (Å²) in [5.41, 5.74) is 2.57. The summed E-state index contributed by atoms with van der Waals surface area (Å²) in [7, 11) is -2.66. The predicted octanol–water partition coefficient (Wildman–Crippen LogP) is 3.24. The van der Waals surface area contributed by atoms with E-state index in [1.165, 1.54) is 23.5 Å². The molecule has 3 aromatic carbocycles. The number of ketones is 1. The molecule has 0 aromatic heterocycles. The monoisotopic (exact) mass is 578 g/mol. The lowest BCUT2D eigenvalue weighted by atomic mass is 10.0. The van der Waals surface area contributed by atoms with Gasteiger partial charge in [0.05, 0.1) is 12.0 Å². The van der Waals surface area contributed by atoms with Gasteiger partial charge in [-0.05, 0) is 55.2 Å². The molecule has 216 valence electrons. The first kappa shape index (κ1) is 30.0. The molecule has 2 atom stereocenters. The number of hydrogen-bond acceptors (Lipinski definition) is 7. The van der Waals surface area contributed by atoms with Crippen LogP contribution in [0, 0.1) is 6.92 Å². The van der Waals surface area contributed by atoms with Gasteiger partial charge in [-0.3, -0.25) is 9.59 Å². The van der Waals surface area contributed by atoms with Crippen molar-refractivity contribution in [2.24, 2.45) is 0 Å². The van der Waals surface area contributed by atoms with E-state index >= 15 is 0 Å². The SMILES string of the molecule is COC(=O)[C@H](Cc1ccc(OCC(=O)Cc2ccccc2)cc1)NC(=O)[C@@H]1CCCN1S(=O)(=O)c1ccc(C)cc1. The van der Waals surface area contributed by atoms with Gasteiger partial charge in [0.15, 0.2) is 5.78 Å². The highest BCUT2D eigenvalue weighted by Gasteiger charge is 2.40. The lowest BCUT2D eigenvalue weighted by Crippen LogP contribution is -2.51. The molecule has 1 aliphatic rings. The summed E-state index contributed by atoms with van der Waals surface area (Å²) in [4.78, 5) is 38.2. The first-order valence-electron chi connectivity index (χ1n) is 13.4. The van der Waals surface area contributed by atoms with Gasteiger partial charge in [-0.25, -0.2) is 13.2 Å². The third-order valence-corrected chi connectivity index (χ3v) is 8.87. The van der Waals surface area contributed by atoms with Crippen LogP contribution >= 0.6 is 0 Å². The second-order valence-corrected chi connectivity index (χ2v) is 11.9. The van der Waals surface area contributed by atoms with Crippen LogP contribution in [0.5, 0.6) is 5.75 Å². The Morgan fingerprint density at radius 3 is 2.29 bits per heavy atom. The minimum absolute atomic E-state index is 0.0564. The van der Waals surface area contributed by atoms with Gasteiger partial charge in [0.25, 0.3) is 0 Å². The molecule has 0 spiro atoms. The maximum atomic E-state index is 13.3. The van der Waals surface area contributed by atoms with Gasteiger partial charge in [-0.15, -0.1) is 0 Å². The molecule has 0 unspecified atom stereocenters. The van der Waals surface area contributed by atoms with Crippen molar-refractivity contribution in [1.29, 1.82) is 0 Å². The number of benzene rings is 3. The Kier molecular flexibility index (Phi) is 9.91. The number of methoxy groups -OCH3 is 1. The topological polar surface area (TPSA) is 119 Å². The number of sulfonamides is 1. The second-order valence-electron chi connectivity index (χ2n) is 10.0. The molecule has 0 aliphatic carbocycles. The van der Waals surface area contributed by atoms with Crippen molar-refractivity contribution in [1.82, 2.24) is 9.62 Å². The van der Waals surface area contributed by atoms with Crippen LogP contribution in [0.1, 0.15) is 29.5 Å². The zero-order valence-corrected chi connectivity index (χ0v) is 23.9. The fourth-order valence-electron chi connectivity index (χ4n) is 4.73. The number of esters is 1. The standard InChI is InChI=1S/C31H34N2O7S/c1-22-10-16-27(17-11-22)41(37,38)33-18-6-9-29(33)30(35)32-28(31(36)39-2)20-24-12-14-26(15-13-24)40-21-25(34)19-23-7-4-3-5-8-23/h3-5,7-8,10-17,28-29H,6,9,18-21H2,1-2H3,(H,32,35)/t28-,29-/m0/s1. The van der Waals surface area contributed by atoms with E-state index < -0.39 is 34.0 Å². The van der Waals surface area contributed by atoms with Crippen LogP contribution in [0.2, 0.25) is 0 Å². The summed E-state index contributed by atoms with van der Waals surface area (Å²) >= 11 is 0. The third kappa shape index (κ3) is 7.80. The minimum atomic E-state index is -3.89. The largest absolute Gasteiger partial charge is 0.486 e.